The van der Waals surface area contributed by atoms with Crippen LogP contribution in [0.15, 0.2) is 0 Å². The lowest BCUT2D eigenvalue weighted by molar-refractivity contribution is -0.149. The van der Waals surface area contributed by atoms with Gasteiger partial charge >= 0.3 is 17.9 Å². The summed E-state index contributed by atoms with van der Waals surface area (Å²) < 4.78 is 9.96. The van der Waals surface area contributed by atoms with Gasteiger partial charge in [-0.1, -0.05) is 38.5 Å². The Morgan fingerprint density at radius 3 is 1.92 bits per heavy atom. The first-order valence-electron chi connectivity index (χ1n) is 9.66. The Morgan fingerprint density at radius 2 is 1.38 bits per heavy atom. The topological polar surface area (TPSA) is 89.9 Å². The van der Waals surface area contributed by atoms with Crippen molar-refractivity contribution in [2.45, 2.75) is 83.3 Å². The third kappa shape index (κ3) is 15.0. The molecule has 0 aromatic heterocycles. The molecule has 0 aliphatic rings. The van der Waals surface area contributed by atoms with Crippen molar-refractivity contribution in [1.82, 2.24) is 0 Å². The molecular weight excluding hydrogens is 356 g/mol. The van der Waals surface area contributed by atoms with E-state index in [-0.39, 0.29) is 24.8 Å². The highest BCUT2D eigenvalue weighted by atomic mass is 32.2. The van der Waals surface area contributed by atoms with Crippen molar-refractivity contribution in [3.63, 3.8) is 0 Å². The Morgan fingerprint density at radius 1 is 0.846 bits per heavy atom. The Balaban J connectivity index is 3.76. The minimum atomic E-state index is -0.716. The van der Waals surface area contributed by atoms with Crippen molar-refractivity contribution in [3.05, 3.63) is 0 Å². The Bertz CT molecular complexity index is 399. The van der Waals surface area contributed by atoms with Crippen LogP contribution in [0.1, 0.15) is 78.1 Å². The highest BCUT2D eigenvalue weighted by molar-refractivity contribution is 8.00. The number of carboxylic acid groups (broad SMARTS) is 1. The SMILES string of the molecule is CCOC(=O)CC(SCCCCCCCCCCC(=O)O)C(=O)OCC. The molecule has 0 radical (unpaired) electrons. The van der Waals surface area contributed by atoms with E-state index in [4.69, 9.17) is 14.6 Å². The van der Waals surface area contributed by atoms with E-state index >= 15 is 0 Å². The second-order valence-electron chi connectivity index (χ2n) is 6.09. The normalized spacial score (nSPS) is 11.8. The Labute approximate surface area is 161 Å². The van der Waals surface area contributed by atoms with E-state index in [9.17, 15) is 14.4 Å². The molecule has 0 aromatic rings. The molecule has 0 rings (SSSR count). The molecule has 0 aromatic carbocycles. The monoisotopic (exact) mass is 390 g/mol. The zero-order valence-electron chi connectivity index (χ0n) is 16.2. The smallest absolute Gasteiger partial charge is 0.319 e. The van der Waals surface area contributed by atoms with Gasteiger partial charge in [-0.15, -0.1) is 11.8 Å². The lowest BCUT2D eigenvalue weighted by atomic mass is 10.1. The van der Waals surface area contributed by atoms with Crippen LogP contribution in [0, 0.1) is 0 Å². The number of carbonyl (C=O) groups excluding carboxylic acids is 2. The maximum atomic E-state index is 11.9. The maximum Gasteiger partial charge on any atom is 0.319 e. The molecule has 0 aliphatic carbocycles. The van der Waals surface area contributed by atoms with Crippen LogP contribution in [-0.2, 0) is 23.9 Å². The first kappa shape index (κ1) is 24.8. The predicted octanol–water partition coefficient (Wildman–Crippen LogP) is 4.20. The number of hydrogen-bond donors (Lipinski definition) is 1. The van der Waals surface area contributed by atoms with Crippen LogP contribution in [-0.4, -0.2) is 47.2 Å². The largest absolute Gasteiger partial charge is 0.481 e. The molecule has 0 aliphatic heterocycles. The highest BCUT2D eigenvalue weighted by Gasteiger charge is 2.24. The molecule has 1 unspecified atom stereocenters. The van der Waals surface area contributed by atoms with E-state index in [2.05, 4.69) is 0 Å². The van der Waals surface area contributed by atoms with E-state index < -0.39 is 11.2 Å². The number of rotatable bonds is 17. The molecular formula is C19H34O6S. The zero-order valence-corrected chi connectivity index (χ0v) is 17.0. The van der Waals surface area contributed by atoms with Crippen LogP contribution in [0.25, 0.3) is 0 Å². The lowest BCUT2D eigenvalue weighted by Gasteiger charge is -2.14. The third-order valence-electron chi connectivity index (χ3n) is 3.81. The minimum Gasteiger partial charge on any atom is -0.481 e. The maximum absolute atomic E-state index is 11.9. The number of esters is 2. The standard InChI is InChI=1S/C19H34O6S/c1-3-24-18(22)15-16(19(23)25-4-2)26-14-12-10-8-6-5-7-9-11-13-17(20)21/h16H,3-15H2,1-2H3,(H,20,21). The second-order valence-corrected chi connectivity index (χ2v) is 7.40. The van der Waals surface area contributed by atoms with Crippen LogP contribution < -0.4 is 0 Å². The van der Waals surface area contributed by atoms with Gasteiger partial charge in [-0.2, -0.15) is 0 Å². The zero-order chi connectivity index (χ0) is 19.6. The van der Waals surface area contributed by atoms with Gasteiger partial charge < -0.3 is 14.6 Å². The number of ether oxygens (including phenoxy) is 2. The molecule has 0 amide bonds. The van der Waals surface area contributed by atoms with Crippen molar-refractivity contribution in [1.29, 1.82) is 0 Å². The first-order chi connectivity index (χ1) is 12.5. The molecule has 1 N–H and O–H groups in total. The average molecular weight is 391 g/mol. The van der Waals surface area contributed by atoms with E-state index in [1.165, 1.54) is 11.8 Å². The van der Waals surface area contributed by atoms with Crippen LogP contribution in [0.4, 0.5) is 0 Å². The van der Waals surface area contributed by atoms with E-state index in [0.717, 1.165) is 57.1 Å². The fraction of sp³-hybridized carbons (Fsp3) is 0.842. The fourth-order valence-corrected chi connectivity index (χ4v) is 3.59. The third-order valence-corrected chi connectivity index (χ3v) is 5.10. The molecule has 152 valence electrons. The van der Waals surface area contributed by atoms with E-state index in [0.29, 0.717) is 13.2 Å². The van der Waals surface area contributed by atoms with Crippen molar-refractivity contribution < 1.29 is 29.0 Å². The van der Waals surface area contributed by atoms with E-state index in [1.54, 1.807) is 13.8 Å². The first-order valence-corrected chi connectivity index (χ1v) is 10.7. The molecule has 0 spiro atoms. The summed E-state index contributed by atoms with van der Waals surface area (Å²) in [6, 6.07) is 0. The number of aliphatic carboxylic acids is 1. The van der Waals surface area contributed by atoms with Gasteiger partial charge in [0.15, 0.2) is 0 Å². The molecule has 0 heterocycles. The van der Waals surface area contributed by atoms with Gasteiger partial charge in [0.05, 0.1) is 19.6 Å². The van der Waals surface area contributed by atoms with Crippen LogP contribution in [0.5, 0.6) is 0 Å². The summed E-state index contributed by atoms with van der Waals surface area (Å²) >= 11 is 1.47. The van der Waals surface area contributed by atoms with Crippen molar-refractivity contribution in [2.24, 2.45) is 0 Å². The van der Waals surface area contributed by atoms with Crippen molar-refractivity contribution in [3.8, 4) is 0 Å². The summed E-state index contributed by atoms with van der Waals surface area (Å²) in [7, 11) is 0. The number of thioether (sulfide) groups is 1. The summed E-state index contributed by atoms with van der Waals surface area (Å²) in [6.07, 6.45) is 8.70. The summed E-state index contributed by atoms with van der Waals surface area (Å²) in [5, 5.41) is 8.08. The molecule has 0 saturated heterocycles. The Kier molecular flexibility index (Phi) is 16.4. The van der Waals surface area contributed by atoms with Gasteiger partial charge in [-0.3, -0.25) is 14.4 Å². The van der Waals surface area contributed by atoms with Crippen molar-refractivity contribution in [2.75, 3.05) is 19.0 Å². The van der Waals surface area contributed by atoms with Gasteiger partial charge in [0.2, 0.25) is 0 Å². The number of hydrogen-bond acceptors (Lipinski definition) is 6. The Hall–Kier alpha value is -1.24. The lowest BCUT2D eigenvalue weighted by Crippen LogP contribution is -2.25. The van der Waals surface area contributed by atoms with Gasteiger partial charge in [-0.05, 0) is 32.4 Å². The highest BCUT2D eigenvalue weighted by Crippen LogP contribution is 2.20. The van der Waals surface area contributed by atoms with Crippen LogP contribution in [0.2, 0.25) is 0 Å². The molecule has 1 atom stereocenters. The molecule has 26 heavy (non-hydrogen) atoms. The summed E-state index contributed by atoms with van der Waals surface area (Å²) in [5.74, 6) is -0.596. The van der Waals surface area contributed by atoms with Gasteiger partial charge in [0.1, 0.15) is 5.25 Å². The second kappa shape index (κ2) is 17.2. The van der Waals surface area contributed by atoms with Crippen LogP contribution >= 0.6 is 11.8 Å². The average Bonchev–Trinajstić information content (AvgIpc) is 2.58. The van der Waals surface area contributed by atoms with E-state index in [1.807, 2.05) is 0 Å². The molecule has 0 fully saturated rings. The number of carbonyl (C=O) groups is 3. The summed E-state index contributed by atoms with van der Waals surface area (Å²) in [6.45, 7) is 4.13. The predicted molar refractivity (Wildman–Crippen MR) is 103 cm³/mol. The molecule has 0 saturated carbocycles. The molecule has 0 bridgehead atoms. The quantitative estimate of drug-likeness (QED) is 0.294. The van der Waals surface area contributed by atoms with Gasteiger partial charge in [0, 0.05) is 6.42 Å². The fourth-order valence-electron chi connectivity index (χ4n) is 2.48. The summed E-state index contributed by atoms with van der Waals surface area (Å²) in [5.41, 5.74) is 0. The van der Waals surface area contributed by atoms with Crippen molar-refractivity contribution >= 4 is 29.7 Å². The number of unbranched alkanes of at least 4 members (excludes halogenated alkanes) is 7. The van der Waals surface area contributed by atoms with Gasteiger partial charge in [0.25, 0.3) is 0 Å². The number of carboxylic acids is 1. The molecule has 7 heteroatoms. The summed E-state index contributed by atoms with van der Waals surface area (Å²) in [4.78, 5) is 33.9. The molecule has 6 nitrogen and oxygen atoms in total. The minimum absolute atomic E-state index is 0.0632. The van der Waals surface area contributed by atoms with Gasteiger partial charge in [-0.25, -0.2) is 0 Å². The van der Waals surface area contributed by atoms with Crippen LogP contribution in [0.3, 0.4) is 0 Å².